The first-order chi connectivity index (χ1) is 11.5. The van der Waals surface area contributed by atoms with Crippen LogP contribution in [0.2, 0.25) is 0 Å². The highest BCUT2D eigenvalue weighted by Crippen LogP contribution is 2.29. The van der Waals surface area contributed by atoms with Crippen LogP contribution in [-0.4, -0.2) is 6.54 Å². The highest BCUT2D eigenvalue weighted by Gasteiger charge is 2.30. The third kappa shape index (κ3) is 5.39. The van der Waals surface area contributed by atoms with Crippen molar-refractivity contribution in [2.75, 3.05) is 6.54 Å². The first-order valence-electron chi connectivity index (χ1n) is 7.80. The van der Waals surface area contributed by atoms with Crippen molar-refractivity contribution in [3.05, 3.63) is 83.9 Å². The fraction of sp³-hybridized carbons (Fsp3) is 0.200. The number of benzene rings is 3. The number of aryl methyl sites for hydroxylation is 1. The number of nitrogens with two attached hydrogens (primary N) is 1. The lowest BCUT2D eigenvalue weighted by molar-refractivity contribution is -0.137. The molecule has 0 spiro atoms. The van der Waals surface area contributed by atoms with Gasteiger partial charge in [0.05, 0.1) is 5.56 Å². The summed E-state index contributed by atoms with van der Waals surface area (Å²) in [4.78, 5) is 0. The Bertz CT molecular complexity index is 700. The van der Waals surface area contributed by atoms with Crippen LogP contribution in [0.1, 0.15) is 17.5 Å². The molecule has 0 aliphatic rings. The normalized spacial score (nSPS) is 11.0. The van der Waals surface area contributed by atoms with Gasteiger partial charge in [0.15, 0.2) is 0 Å². The zero-order valence-corrected chi connectivity index (χ0v) is 13.3. The van der Waals surface area contributed by atoms with Gasteiger partial charge in [0.25, 0.3) is 0 Å². The van der Waals surface area contributed by atoms with Crippen LogP contribution in [-0.2, 0) is 12.6 Å². The number of rotatable bonds is 3. The smallest absolute Gasteiger partial charge is 0.330 e. The van der Waals surface area contributed by atoms with Gasteiger partial charge in [-0.05, 0) is 41.8 Å². The molecule has 24 heavy (non-hydrogen) atoms. The topological polar surface area (TPSA) is 26.0 Å². The standard InChI is InChI=1S/C10H12F3N.C10H8/c11-10(12,13)9-5-1-3-8(7-9)4-2-6-14;1-2-6-10-8-4-3-7-9(10)5-1/h1,3,5,7H,2,4,6,14H2;1-8H. The molecular weight excluding hydrogens is 311 g/mol. The molecule has 0 amide bonds. The Labute approximate surface area is 139 Å². The molecule has 0 fully saturated rings. The molecule has 0 saturated heterocycles. The Hall–Kier alpha value is -2.33. The van der Waals surface area contributed by atoms with Gasteiger partial charge in [-0.25, -0.2) is 0 Å². The summed E-state index contributed by atoms with van der Waals surface area (Å²) in [7, 11) is 0. The Morgan fingerprint density at radius 1 is 0.750 bits per heavy atom. The second-order valence-electron chi connectivity index (χ2n) is 5.44. The summed E-state index contributed by atoms with van der Waals surface area (Å²) in [5.74, 6) is 0. The van der Waals surface area contributed by atoms with Crippen LogP contribution < -0.4 is 5.73 Å². The number of fused-ring (bicyclic) bond motifs is 1. The Morgan fingerprint density at radius 2 is 1.29 bits per heavy atom. The van der Waals surface area contributed by atoms with Crippen molar-refractivity contribution in [1.29, 1.82) is 0 Å². The van der Waals surface area contributed by atoms with E-state index in [0.29, 0.717) is 24.9 Å². The fourth-order valence-electron chi connectivity index (χ4n) is 2.34. The maximum absolute atomic E-state index is 12.3. The first-order valence-corrected chi connectivity index (χ1v) is 7.80. The molecule has 3 rings (SSSR count). The Balaban J connectivity index is 0.000000182. The second kappa shape index (κ2) is 8.50. The molecular formula is C20H20F3N. The summed E-state index contributed by atoms with van der Waals surface area (Å²) < 4.78 is 36.8. The molecule has 3 aromatic rings. The predicted molar refractivity (Wildman–Crippen MR) is 92.8 cm³/mol. The van der Waals surface area contributed by atoms with Crippen molar-refractivity contribution in [3.8, 4) is 0 Å². The van der Waals surface area contributed by atoms with E-state index in [-0.39, 0.29) is 0 Å². The van der Waals surface area contributed by atoms with Gasteiger partial charge in [-0.1, -0.05) is 66.7 Å². The third-order valence-corrected chi connectivity index (χ3v) is 3.58. The molecule has 0 aliphatic carbocycles. The zero-order chi connectivity index (χ0) is 17.4. The van der Waals surface area contributed by atoms with Crippen molar-refractivity contribution in [1.82, 2.24) is 0 Å². The third-order valence-electron chi connectivity index (χ3n) is 3.58. The molecule has 0 bridgehead atoms. The summed E-state index contributed by atoms with van der Waals surface area (Å²) in [6.45, 7) is 0.496. The quantitative estimate of drug-likeness (QED) is 0.680. The maximum atomic E-state index is 12.3. The minimum absolute atomic E-state index is 0.496. The van der Waals surface area contributed by atoms with Crippen molar-refractivity contribution < 1.29 is 13.2 Å². The van der Waals surface area contributed by atoms with Gasteiger partial charge in [0.1, 0.15) is 0 Å². The summed E-state index contributed by atoms with van der Waals surface area (Å²) >= 11 is 0. The maximum Gasteiger partial charge on any atom is 0.416 e. The van der Waals surface area contributed by atoms with Crippen LogP contribution in [0.4, 0.5) is 13.2 Å². The monoisotopic (exact) mass is 331 g/mol. The van der Waals surface area contributed by atoms with E-state index in [1.54, 1.807) is 6.07 Å². The van der Waals surface area contributed by atoms with E-state index >= 15 is 0 Å². The van der Waals surface area contributed by atoms with Gasteiger partial charge >= 0.3 is 6.18 Å². The molecule has 0 saturated carbocycles. The van der Waals surface area contributed by atoms with Gasteiger partial charge in [0.2, 0.25) is 0 Å². The van der Waals surface area contributed by atoms with Crippen molar-refractivity contribution in [2.45, 2.75) is 19.0 Å². The van der Waals surface area contributed by atoms with E-state index < -0.39 is 11.7 Å². The molecule has 1 nitrogen and oxygen atoms in total. The van der Waals surface area contributed by atoms with Crippen molar-refractivity contribution >= 4 is 10.8 Å². The van der Waals surface area contributed by atoms with Gasteiger partial charge in [-0.15, -0.1) is 0 Å². The summed E-state index contributed by atoms with van der Waals surface area (Å²) in [6.07, 6.45) is -2.94. The predicted octanol–water partition coefficient (Wildman–Crippen LogP) is 5.44. The summed E-state index contributed by atoms with van der Waals surface area (Å²) in [5, 5.41) is 2.62. The van der Waals surface area contributed by atoms with E-state index in [9.17, 15) is 13.2 Å². The minimum atomic E-state index is -4.25. The molecule has 0 radical (unpaired) electrons. The summed E-state index contributed by atoms with van der Waals surface area (Å²) in [5.41, 5.74) is 5.37. The van der Waals surface area contributed by atoms with E-state index in [1.165, 1.54) is 22.9 Å². The van der Waals surface area contributed by atoms with Crippen LogP contribution in [0.15, 0.2) is 72.8 Å². The highest BCUT2D eigenvalue weighted by atomic mass is 19.4. The number of halogens is 3. The van der Waals surface area contributed by atoms with Crippen LogP contribution in [0.5, 0.6) is 0 Å². The molecule has 3 aromatic carbocycles. The van der Waals surface area contributed by atoms with E-state index in [1.807, 2.05) is 0 Å². The lowest BCUT2D eigenvalue weighted by atomic mass is 10.1. The average molecular weight is 331 g/mol. The largest absolute Gasteiger partial charge is 0.416 e. The lowest BCUT2D eigenvalue weighted by Gasteiger charge is -2.08. The minimum Gasteiger partial charge on any atom is -0.330 e. The van der Waals surface area contributed by atoms with Crippen molar-refractivity contribution in [2.24, 2.45) is 5.73 Å². The van der Waals surface area contributed by atoms with Gasteiger partial charge in [-0.2, -0.15) is 13.2 Å². The van der Waals surface area contributed by atoms with E-state index in [4.69, 9.17) is 5.73 Å². The van der Waals surface area contributed by atoms with Crippen LogP contribution in [0.3, 0.4) is 0 Å². The SMILES string of the molecule is NCCCc1cccc(C(F)(F)F)c1.c1ccc2ccccc2c1. The van der Waals surface area contributed by atoms with E-state index in [0.717, 1.165) is 6.07 Å². The first kappa shape index (κ1) is 18.0. The molecule has 0 atom stereocenters. The molecule has 126 valence electrons. The lowest BCUT2D eigenvalue weighted by Crippen LogP contribution is -2.06. The zero-order valence-electron chi connectivity index (χ0n) is 13.3. The molecule has 2 N–H and O–H groups in total. The average Bonchev–Trinajstić information content (AvgIpc) is 2.60. The fourth-order valence-corrected chi connectivity index (χ4v) is 2.34. The number of hydrogen-bond donors (Lipinski definition) is 1. The van der Waals surface area contributed by atoms with Crippen LogP contribution in [0.25, 0.3) is 10.8 Å². The molecule has 0 aromatic heterocycles. The van der Waals surface area contributed by atoms with Crippen LogP contribution >= 0.6 is 0 Å². The van der Waals surface area contributed by atoms with Crippen molar-refractivity contribution in [3.63, 3.8) is 0 Å². The Kier molecular flexibility index (Phi) is 6.38. The molecule has 0 aliphatic heterocycles. The Morgan fingerprint density at radius 3 is 1.75 bits per heavy atom. The van der Waals surface area contributed by atoms with Gasteiger partial charge in [0, 0.05) is 0 Å². The van der Waals surface area contributed by atoms with E-state index in [2.05, 4.69) is 48.5 Å². The number of hydrogen-bond acceptors (Lipinski definition) is 1. The molecule has 0 heterocycles. The summed E-state index contributed by atoms with van der Waals surface area (Å²) in [6, 6.07) is 22.1. The van der Waals surface area contributed by atoms with Crippen LogP contribution in [0, 0.1) is 0 Å². The highest BCUT2D eigenvalue weighted by molar-refractivity contribution is 5.81. The van der Waals surface area contributed by atoms with Gasteiger partial charge < -0.3 is 5.73 Å². The molecule has 0 unspecified atom stereocenters. The molecule has 4 heteroatoms. The second-order valence-corrected chi connectivity index (χ2v) is 5.44. The van der Waals surface area contributed by atoms with Gasteiger partial charge in [-0.3, -0.25) is 0 Å². The number of alkyl halides is 3.